The molecule has 0 saturated heterocycles. The molecular weight excluding hydrogens is 614 g/mol. The van der Waals surface area contributed by atoms with Gasteiger partial charge in [0.15, 0.2) is 5.60 Å². The Bertz CT molecular complexity index is 1830. The Morgan fingerprint density at radius 2 is 1.70 bits per heavy atom. The van der Waals surface area contributed by atoms with Crippen LogP contribution < -0.4 is 10.2 Å². The predicted octanol–water partition coefficient (Wildman–Crippen LogP) is 5.85. The zero-order valence-corrected chi connectivity index (χ0v) is 26.7. The van der Waals surface area contributed by atoms with Gasteiger partial charge in [-0.05, 0) is 65.6 Å². The van der Waals surface area contributed by atoms with E-state index in [1.165, 1.54) is 4.90 Å². The number of nitrogens with one attached hydrogen (secondary N) is 1. The van der Waals surface area contributed by atoms with E-state index in [4.69, 9.17) is 11.6 Å². The van der Waals surface area contributed by atoms with E-state index in [1.54, 1.807) is 78.6 Å². The number of fused-ring (bicyclic) bond motifs is 2. The van der Waals surface area contributed by atoms with Crippen molar-refractivity contribution < 1.29 is 24.6 Å². The van der Waals surface area contributed by atoms with E-state index in [0.29, 0.717) is 40.5 Å². The lowest BCUT2D eigenvalue weighted by molar-refractivity contribution is -0.139. The Morgan fingerprint density at radius 1 is 1.00 bits per heavy atom. The molecule has 0 aliphatic carbocycles. The third-order valence-electron chi connectivity index (χ3n) is 9.08. The van der Waals surface area contributed by atoms with Gasteiger partial charge in [0, 0.05) is 40.7 Å². The smallest absolute Gasteiger partial charge is 0.264 e. The lowest BCUT2D eigenvalue weighted by Crippen LogP contribution is -2.46. The number of aliphatic hydroxyl groups is 2. The molecule has 0 saturated carbocycles. The molecule has 2 heterocycles. The summed E-state index contributed by atoms with van der Waals surface area (Å²) in [5, 5.41) is 25.3. The number of rotatable bonds is 9. The van der Waals surface area contributed by atoms with Gasteiger partial charge in [0.25, 0.3) is 11.8 Å². The molecule has 0 aromatic heterocycles. The van der Waals surface area contributed by atoms with Crippen LogP contribution in [0.5, 0.6) is 0 Å². The standard InChI is InChI=1S/C38H36ClN3O5/c1-25(8-7-13-35(44)41-23-29-12-6-5-11-28(29)20-32(41)24-43)38(47)33-21-30(39)16-19-34(33)42(37(38)46)22-26-14-17-31(18-15-26)40-36(45)27-9-3-2-4-10-27/h2-12,14-19,21,25,32,43,47H,13,20,22-24H2,1H3,(H,40,45)/b8-7+/t25-,32-,38+/m0/s1. The lowest BCUT2D eigenvalue weighted by atomic mass is 9.83. The van der Waals surface area contributed by atoms with E-state index >= 15 is 0 Å². The van der Waals surface area contributed by atoms with Crippen LogP contribution >= 0.6 is 11.6 Å². The summed E-state index contributed by atoms with van der Waals surface area (Å²) in [5.74, 6) is -1.54. The van der Waals surface area contributed by atoms with Crippen LogP contribution in [0.3, 0.4) is 0 Å². The number of benzene rings is 4. The Hall–Kier alpha value is -4.76. The Balaban J connectivity index is 1.16. The summed E-state index contributed by atoms with van der Waals surface area (Å²) in [6.07, 6.45) is 4.03. The molecule has 2 aliphatic rings. The van der Waals surface area contributed by atoms with Gasteiger partial charge in [-0.2, -0.15) is 0 Å². The van der Waals surface area contributed by atoms with E-state index in [2.05, 4.69) is 5.32 Å². The number of anilines is 2. The van der Waals surface area contributed by atoms with Gasteiger partial charge in [-0.1, -0.05) is 85.3 Å². The SMILES string of the molecule is C[C@@H](/C=C/CC(=O)N1Cc2ccccc2C[C@H]1CO)[C@]1(O)C(=O)N(Cc2ccc(NC(=O)c3ccccc3)cc2)c2ccc(Cl)cc21. The summed E-state index contributed by atoms with van der Waals surface area (Å²) >= 11 is 6.35. The van der Waals surface area contributed by atoms with Crippen LogP contribution in [0.4, 0.5) is 11.4 Å². The second kappa shape index (κ2) is 13.5. The second-order valence-electron chi connectivity index (χ2n) is 12.1. The molecule has 3 amide bonds. The van der Waals surface area contributed by atoms with E-state index in [-0.39, 0.29) is 37.4 Å². The molecule has 0 fully saturated rings. The van der Waals surface area contributed by atoms with Crippen LogP contribution in [-0.4, -0.2) is 45.5 Å². The molecule has 0 unspecified atom stereocenters. The highest BCUT2D eigenvalue weighted by Gasteiger charge is 2.52. The molecule has 0 radical (unpaired) electrons. The minimum atomic E-state index is -1.90. The first-order valence-electron chi connectivity index (χ1n) is 15.6. The summed E-state index contributed by atoms with van der Waals surface area (Å²) in [6.45, 7) is 2.22. The molecule has 0 spiro atoms. The van der Waals surface area contributed by atoms with Crippen LogP contribution in [0.1, 0.15) is 46.0 Å². The fraction of sp³-hybridized carbons (Fsp3) is 0.237. The molecule has 240 valence electrons. The molecule has 47 heavy (non-hydrogen) atoms. The number of amides is 3. The van der Waals surface area contributed by atoms with Crippen LogP contribution in [0.15, 0.2) is 109 Å². The van der Waals surface area contributed by atoms with Crippen molar-refractivity contribution in [3.05, 3.63) is 142 Å². The van der Waals surface area contributed by atoms with Gasteiger partial charge in [0.1, 0.15) is 0 Å². The average molecular weight is 650 g/mol. The number of carbonyl (C=O) groups excluding carboxylic acids is 3. The van der Waals surface area contributed by atoms with Crippen molar-refractivity contribution in [1.82, 2.24) is 4.90 Å². The van der Waals surface area contributed by atoms with Crippen LogP contribution in [0.2, 0.25) is 5.02 Å². The number of hydrogen-bond acceptors (Lipinski definition) is 5. The van der Waals surface area contributed by atoms with Gasteiger partial charge >= 0.3 is 0 Å². The molecule has 2 aliphatic heterocycles. The third-order valence-corrected chi connectivity index (χ3v) is 9.32. The number of hydrogen-bond donors (Lipinski definition) is 3. The zero-order valence-electron chi connectivity index (χ0n) is 26.0. The Morgan fingerprint density at radius 3 is 2.43 bits per heavy atom. The van der Waals surface area contributed by atoms with E-state index in [9.17, 15) is 24.6 Å². The number of aliphatic hydroxyl groups excluding tert-OH is 1. The van der Waals surface area contributed by atoms with Gasteiger partial charge in [0.2, 0.25) is 5.91 Å². The van der Waals surface area contributed by atoms with Gasteiger partial charge in [0.05, 0.1) is 24.9 Å². The summed E-state index contributed by atoms with van der Waals surface area (Å²) in [4.78, 5) is 43.0. The van der Waals surface area contributed by atoms with Crippen LogP contribution in [-0.2, 0) is 34.7 Å². The van der Waals surface area contributed by atoms with Gasteiger partial charge in [-0.25, -0.2) is 0 Å². The van der Waals surface area contributed by atoms with Crippen LogP contribution in [0.25, 0.3) is 0 Å². The first kappa shape index (κ1) is 32.2. The number of nitrogens with zero attached hydrogens (tertiary/aromatic N) is 2. The van der Waals surface area contributed by atoms with Crippen molar-refractivity contribution in [1.29, 1.82) is 0 Å². The minimum absolute atomic E-state index is 0.0621. The van der Waals surface area contributed by atoms with Crippen molar-refractivity contribution in [3.63, 3.8) is 0 Å². The van der Waals surface area contributed by atoms with Crippen molar-refractivity contribution in [3.8, 4) is 0 Å². The molecule has 3 atom stereocenters. The Kier molecular flexibility index (Phi) is 9.27. The maximum Gasteiger partial charge on any atom is 0.264 e. The van der Waals surface area contributed by atoms with E-state index in [1.807, 2.05) is 42.5 Å². The molecular formula is C38H36ClN3O5. The number of carbonyl (C=O) groups is 3. The molecule has 0 bridgehead atoms. The quantitative estimate of drug-likeness (QED) is 0.197. The molecule has 3 N–H and O–H groups in total. The topological polar surface area (TPSA) is 110 Å². The zero-order chi connectivity index (χ0) is 33.1. The minimum Gasteiger partial charge on any atom is -0.394 e. The predicted molar refractivity (Wildman–Crippen MR) is 182 cm³/mol. The Labute approximate surface area is 278 Å². The van der Waals surface area contributed by atoms with Gasteiger partial charge in [-0.15, -0.1) is 0 Å². The number of halogens is 1. The highest BCUT2D eigenvalue weighted by molar-refractivity contribution is 6.31. The third kappa shape index (κ3) is 6.45. The normalized spacial score (nSPS) is 19.4. The molecule has 9 heteroatoms. The van der Waals surface area contributed by atoms with Crippen LogP contribution in [0, 0.1) is 5.92 Å². The first-order chi connectivity index (χ1) is 22.7. The van der Waals surface area contributed by atoms with E-state index in [0.717, 1.165) is 16.7 Å². The molecule has 8 nitrogen and oxygen atoms in total. The largest absolute Gasteiger partial charge is 0.394 e. The summed E-state index contributed by atoms with van der Waals surface area (Å²) in [6, 6.07) is 28.8. The van der Waals surface area contributed by atoms with Crippen molar-refractivity contribution in [2.45, 2.75) is 44.5 Å². The highest BCUT2D eigenvalue weighted by Crippen LogP contribution is 2.46. The van der Waals surface area contributed by atoms with Crippen molar-refractivity contribution in [2.75, 3.05) is 16.8 Å². The second-order valence-corrected chi connectivity index (χ2v) is 12.5. The monoisotopic (exact) mass is 649 g/mol. The van der Waals surface area contributed by atoms with Crippen molar-refractivity contribution in [2.24, 2.45) is 5.92 Å². The van der Waals surface area contributed by atoms with Crippen molar-refractivity contribution >= 4 is 40.7 Å². The fourth-order valence-electron chi connectivity index (χ4n) is 6.42. The molecule has 4 aromatic rings. The molecule has 6 rings (SSSR count). The molecule has 4 aromatic carbocycles. The maximum atomic E-state index is 14.0. The first-order valence-corrected chi connectivity index (χ1v) is 16.0. The maximum absolute atomic E-state index is 14.0. The van der Waals surface area contributed by atoms with E-state index < -0.39 is 17.4 Å². The average Bonchev–Trinajstić information content (AvgIpc) is 3.30. The summed E-state index contributed by atoms with van der Waals surface area (Å²) in [7, 11) is 0. The summed E-state index contributed by atoms with van der Waals surface area (Å²) < 4.78 is 0. The summed E-state index contributed by atoms with van der Waals surface area (Å²) in [5.41, 5.74) is 3.22. The van der Waals surface area contributed by atoms with Gasteiger partial charge in [-0.3, -0.25) is 14.4 Å². The highest BCUT2D eigenvalue weighted by atomic mass is 35.5. The fourth-order valence-corrected chi connectivity index (χ4v) is 6.59. The van der Waals surface area contributed by atoms with Gasteiger partial charge < -0.3 is 25.3 Å². The lowest BCUT2D eigenvalue weighted by Gasteiger charge is -2.36.